The van der Waals surface area contributed by atoms with Gasteiger partial charge in [0, 0.05) is 22.4 Å². The molecule has 20 heavy (non-hydrogen) atoms. The number of rotatable bonds is 5. The van der Waals surface area contributed by atoms with Crippen molar-refractivity contribution in [3.8, 4) is 0 Å². The lowest BCUT2D eigenvalue weighted by Gasteiger charge is -2.24. The van der Waals surface area contributed by atoms with Gasteiger partial charge < -0.3 is 11.1 Å². The van der Waals surface area contributed by atoms with Gasteiger partial charge in [-0.2, -0.15) is 0 Å². The first-order chi connectivity index (χ1) is 9.40. The van der Waals surface area contributed by atoms with Crippen molar-refractivity contribution in [3.05, 3.63) is 51.2 Å². The summed E-state index contributed by atoms with van der Waals surface area (Å²) in [6.07, 6.45) is 0. The van der Waals surface area contributed by atoms with Crippen molar-refractivity contribution < 1.29 is 0 Å². The first-order valence-corrected chi connectivity index (χ1v) is 7.94. The van der Waals surface area contributed by atoms with Crippen LogP contribution in [0.4, 0.5) is 5.69 Å². The van der Waals surface area contributed by atoms with Gasteiger partial charge in [-0.15, -0.1) is 11.3 Å². The average molecular weight is 325 g/mol. The molecule has 106 valence electrons. The van der Waals surface area contributed by atoms with Gasteiger partial charge >= 0.3 is 0 Å². The molecule has 0 spiro atoms. The summed E-state index contributed by atoms with van der Waals surface area (Å²) in [5.74, 6) is 0. The predicted octanol–water partition coefficient (Wildman–Crippen LogP) is 4.43. The summed E-state index contributed by atoms with van der Waals surface area (Å²) in [7, 11) is 0. The molecule has 0 fully saturated rings. The second-order valence-electron chi connectivity index (χ2n) is 5.27. The largest absolute Gasteiger partial charge is 0.389 e. The second kappa shape index (κ2) is 6.12. The van der Waals surface area contributed by atoms with Gasteiger partial charge in [-0.05, 0) is 29.6 Å². The Morgan fingerprint density at radius 1 is 1.40 bits per heavy atom. The van der Waals surface area contributed by atoms with E-state index in [0.29, 0.717) is 10.0 Å². The van der Waals surface area contributed by atoms with E-state index in [9.17, 15) is 0 Å². The molecule has 0 radical (unpaired) electrons. The first-order valence-electron chi connectivity index (χ1n) is 6.27. The normalized spacial score (nSPS) is 11.3. The third kappa shape index (κ3) is 3.51. The summed E-state index contributed by atoms with van der Waals surface area (Å²) in [6, 6.07) is 9.83. The van der Waals surface area contributed by atoms with Crippen molar-refractivity contribution in [1.29, 1.82) is 0 Å². The van der Waals surface area contributed by atoms with Crippen molar-refractivity contribution in [2.45, 2.75) is 19.3 Å². The Bertz CT molecular complexity index is 606. The lowest BCUT2D eigenvalue weighted by atomic mass is 9.91. The Hall–Kier alpha value is -1.10. The molecule has 2 rings (SSSR count). The van der Waals surface area contributed by atoms with E-state index in [-0.39, 0.29) is 5.41 Å². The minimum Gasteiger partial charge on any atom is -0.389 e. The fraction of sp³-hybridized carbons (Fsp3) is 0.267. The number of hydrogen-bond donors (Lipinski definition) is 2. The minimum absolute atomic E-state index is 0.0549. The van der Waals surface area contributed by atoms with Crippen LogP contribution in [0.5, 0.6) is 0 Å². The maximum absolute atomic E-state index is 6.25. The monoisotopic (exact) mass is 324 g/mol. The van der Waals surface area contributed by atoms with Crippen molar-refractivity contribution >= 4 is 45.8 Å². The molecular formula is C15H17ClN2S2. The molecule has 0 amide bonds. The van der Waals surface area contributed by atoms with Crippen molar-refractivity contribution in [2.75, 3.05) is 11.9 Å². The van der Waals surface area contributed by atoms with E-state index in [2.05, 4.69) is 36.7 Å². The highest BCUT2D eigenvalue weighted by atomic mass is 35.5. The first kappa shape index (κ1) is 15.3. The number of hydrogen-bond acceptors (Lipinski definition) is 3. The van der Waals surface area contributed by atoms with Crippen LogP contribution in [0.2, 0.25) is 5.02 Å². The molecule has 1 heterocycles. The Morgan fingerprint density at radius 3 is 2.70 bits per heavy atom. The molecule has 5 heteroatoms. The van der Waals surface area contributed by atoms with Gasteiger partial charge in [-0.25, -0.2) is 0 Å². The number of thiocarbonyl (C=S) groups is 1. The fourth-order valence-corrected chi connectivity index (χ4v) is 3.11. The van der Waals surface area contributed by atoms with E-state index in [1.165, 1.54) is 4.88 Å². The van der Waals surface area contributed by atoms with Crippen LogP contribution in [0.25, 0.3) is 0 Å². The molecule has 0 unspecified atom stereocenters. The van der Waals surface area contributed by atoms with E-state index in [4.69, 9.17) is 29.6 Å². The van der Waals surface area contributed by atoms with Crippen LogP contribution in [-0.2, 0) is 5.41 Å². The number of thiophene rings is 1. The zero-order chi connectivity index (χ0) is 14.8. The van der Waals surface area contributed by atoms with Crippen molar-refractivity contribution in [3.63, 3.8) is 0 Å². The summed E-state index contributed by atoms with van der Waals surface area (Å²) in [6.45, 7) is 5.23. The van der Waals surface area contributed by atoms with E-state index in [1.807, 2.05) is 12.1 Å². The van der Waals surface area contributed by atoms with Crippen LogP contribution in [-0.4, -0.2) is 11.5 Å². The third-order valence-corrected chi connectivity index (χ3v) is 4.95. The van der Waals surface area contributed by atoms with Crippen molar-refractivity contribution in [1.82, 2.24) is 0 Å². The van der Waals surface area contributed by atoms with Gasteiger partial charge in [0.2, 0.25) is 0 Å². The third-order valence-electron chi connectivity index (χ3n) is 3.16. The maximum Gasteiger partial charge on any atom is 0.104 e. The van der Waals surface area contributed by atoms with Crippen LogP contribution >= 0.6 is 35.2 Å². The zero-order valence-corrected chi connectivity index (χ0v) is 13.8. The Labute approximate surface area is 134 Å². The van der Waals surface area contributed by atoms with Crippen LogP contribution in [0.3, 0.4) is 0 Å². The van der Waals surface area contributed by atoms with Gasteiger partial charge in [0.25, 0.3) is 0 Å². The van der Waals surface area contributed by atoms with E-state index in [1.54, 1.807) is 17.4 Å². The summed E-state index contributed by atoms with van der Waals surface area (Å²) in [5.41, 5.74) is 7.33. The summed E-state index contributed by atoms with van der Waals surface area (Å²) in [5, 5.41) is 6.13. The van der Waals surface area contributed by atoms with E-state index < -0.39 is 0 Å². The average Bonchev–Trinajstić information content (AvgIpc) is 2.91. The number of benzene rings is 1. The highest BCUT2D eigenvalue weighted by molar-refractivity contribution is 7.80. The molecular weight excluding hydrogens is 308 g/mol. The molecule has 0 bridgehead atoms. The second-order valence-corrected chi connectivity index (χ2v) is 7.07. The summed E-state index contributed by atoms with van der Waals surface area (Å²) in [4.78, 5) is 1.71. The molecule has 0 aliphatic rings. The lowest BCUT2D eigenvalue weighted by Crippen LogP contribution is -2.26. The van der Waals surface area contributed by atoms with Crippen LogP contribution in [0.15, 0.2) is 35.7 Å². The summed E-state index contributed by atoms with van der Waals surface area (Å²) < 4.78 is 0. The topological polar surface area (TPSA) is 38.0 Å². The number of nitrogens with two attached hydrogens (primary N) is 1. The molecule has 0 atom stereocenters. The quantitative estimate of drug-likeness (QED) is 0.799. The molecule has 3 N–H and O–H groups in total. The number of nitrogens with one attached hydrogen (secondary N) is 1. The molecule has 1 aromatic carbocycles. The van der Waals surface area contributed by atoms with Gasteiger partial charge in [-0.1, -0.05) is 43.7 Å². The standard InChI is InChI=1S/C15H17ClN2S2/c1-15(2,13-4-3-7-20-13)9-18-12-6-5-10(14(17)19)8-11(12)16/h3-8,18H,9H2,1-2H3,(H2,17,19). The Morgan fingerprint density at radius 2 is 2.15 bits per heavy atom. The maximum atomic E-state index is 6.25. The van der Waals surface area contributed by atoms with Gasteiger partial charge in [-0.3, -0.25) is 0 Å². The molecule has 0 aliphatic heterocycles. The molecule has 0 aliphatic carbocycles. The molecule has 0 saturated carbocycles. The van der Waals surface area contributed by atoms with Crippen LogP contribution < -0.4 is 11.1 Å². The number of anilines is 1. The Balaban J connectivity index is 2.10. The van der Waals surface area contributed by atoms with Gasteiger partial charge in [0.05, 0.1) is 10.7 Å². The highest BCUT2D eigenvalue weighted by Crippen LogP contribution is 2.29. The fourth-order valence-electron chi connectivity index (χ4n) is 1.88. The Kier molecular flexibility index (Phi) is 4.68. The highest BCUT2D eigenvalue weighted by Gasteiger charge is 2.21. The zero-order valence-electron chi connectivity index (χ0n) is 11.4. The molecule has 2 nitrogen and oxygen atoms in total. The molecule has 0 saturated heterocycles. The smallest absolute Gasteiger partial charge is 0.104 e. The SMILES string of the molecule is CC(C)(CNc1ccc(C(N)=S)cc1Cl)c1cccs1. The lowest BCUT2D eigenvalue weighted by molar-refractivity contribution is 0.569. The number of halogens is 1. The molecule has 2 aromatic rings. The van der Waals surface area contributed by atoms with Gasteiger partial charge in [0.15, 0.2) is 0 Å². The minimum atomic E-state index is 0.0549. The van der Waals surface area contributed by atoms with E-state index >= 15 is 0 Å². The van der Waals surface area contributed by atoms with Crippen LogP contribution in [0.1, 0.15) is 24.3 Å². The summed E-state index contributed by atoms with van der Waals surface area (Å²) >= 11 is 13.0. The van der Waals surface area contributed by atoms with Gasteiger partial charge in [0.1, 0.15) is 4.99 Å². The molecule has 1 aromatic heterocycles. The van der Waals surface area contributed by atoms with Crippen LogP contribution in [0, 0.1) is 0 Å². The van der Waals surface area contributed by atoms with Crippen molar-refractivity contribution in [2.24, 2.45) is 5.73 Å². The van der Waals surface area contributed by atoms with E-state index in [0.717, 1.165) is 17.8 Å². The predicted molar refractivity (Wildman–Crippen MR) is 93.2 cm³/mol.